The SMILES string of the molecule is Cc1ccc2c(c1)CC(CCO)O2. The summed E-state index contributed by atoms with van der Waals surface area (Å²) in [7, 11) is 0. The zero-order valence-electron chi connectivity index (χ0n) is 7.79. The number of fused-ring (bicyclic) bond motifs is 1. The summed E-state index contributed by atoms with van der Waals surface area (Å²) in [6.07, 6.45) is 1.85. The molecular weight excluding hydrogens is 164 g/mol. The van der Waals surface area contributed by atoms with Crippen LogP contribution in [0.5, 0.6) is 5.75 Å². The third-order valence-electron chi connectivity index (χ3n) is 2.41. The molecule has 1 aromatic rings. The summed E-state index contributed by atoms with van der Waals surface area (Å²) >= 11 is 0. The van der Waals surface area contributed by atoms with E-state index in [0.717, 1.165) is 18.6 Å². The average Bonchev–Trinajstić information content (AvgIpc) is 2.46. The Balaban J connectivity index is 2.16. The molecule has 70 valence electrons. The van der Waals surface area contributed by atoms with Crippen molar-refractivity contribution in [3.8, 4) is 5.75 Å². The Morgan fingerprint density at radius 2 is 2.38 bits per heavy atom. The number of hydrogen-bond acceptors (Lipinski definition) is 2. The van der Waals surface area contributed by atoms with Gasteiger partial charge in [-0.15, -0.1) is 0 Å². The highest BCUT2D eigenvalue weighted by atomic mass is 16.5. The van der Waals surface area contributed by atoms with Crippen LogP contribution >= 0.6 is 0 Å². The summed E-state index contributed by atoms with van der Waals surface area (Å²) in [6, 6.07) is 6.23. The molecule has 0 radical (unpaired) electrons. The van der Waals surface area contributed by atoms with Crippen LogP contribution in [0.25, 0.3) is 0 Å². The number of benzene rings is 1. The molecule has 1 unspecified atom stereocenters. The number of hydrogen-bond donors (Lipinski definition) is 1. The van der Waals surface area contributed by atoms with E-state index < -0.39 is 0 Å². The van der Waals surface area contributed by atoms with Crippen molar-refractivity contribution >= 4 is 0 Å². The second-order valence-corrected chi connectivity index (χ2v) is 3.57. The number of aliphatic hydroxyl groups excluding tert-OH is 1. The van der Waals surface area contributed by atoms with Gasteiger partial charge in [0.05, 0.1) is 0 Å². The van der Waals surface area contributed by atoms with Crippen molar-refractivity contribution in [2.45, 2.75) is 25.9 Å². The molecule has 0 aromatic heterocycles. The lowest BCUT2D eigenvalue weighted by Crippen LogP contribution is -2.14. The predicted molar refractivity (Wildman–Crippen MR) is 51.0 cm³/mol. The smallest absolute Gasteiger partial charge is 0.123 e. The monoisotopic (exact) mass is 178 g/mol. The van der Waals surface area contributed by atoms with Crippen molar-refractivity contribution in [1.82, 2.24) is 0 Å². The number of ether oxygens (including phenoxy) is 1. The number of aliphatic hydroxyl groups is 1. The van der Waals surface area contributed by atoms with Crippen molar-refractivity contribution in [2.75, 3.05) is 6.61 Å². The maximum Gasteiger partial charge on any atom is 0.123 e. The third-order valence-corrected chi connectivity index (χ3v) is 2.41. The molecule has 0 amide bonds. The van der Waals surface area contributed by atoms with Gasteiger partial charge in [-0.3, -0.25) is 0 Å². The molecule has 1 atom stereocenters. The lowest BCUT2D eigenvalue weighted by atomic mass is 10.1. The van der Waals surface area contributed by atoms with Crippen LogP contribution in [-0.2, 0) is 6.42 Å². The van der Waals surface area contributed by atoms with Crippen molar-refractivity contribution in [3.05, 3.63) is 29.3 Å². The summed E-state index contributed by atoms with van der Waals surface area (Å²) < 4.78 is 5.64. The fraction of sp³-hybridized carbons (Fsp3) is 0.455. The first kappa shape index (κ1) is 8.57. The molecule has 1 N–H and O–H groups in total. The highest BCUT2D eigenvalue weighted by Crippen LogP contribution is 2.30. The summed E-state index contributed by atoms with van der Waals surface area (Å²) in [5.74, 6) is 0.990. The molecule has 0 spiro atoms. The van der Waals surface area contributed by atoms with E-state index >= 15 is 0 Å². The van der Waals surface area contributed by atoms with Crippen LogP contribution in [0, 0.1) is 6.92 Å². The molecule has 0 saturated heterocycles. The van der Waals surface area contributed by atoms with E-state index in [0.29, 0.717) is 0 Å². The lowest BCUT2D eigenvalue weighted by Gasteiger charge is -2.07. The van der Waals surface area contributed by atoms with E-state index in [4.69, 9.17) is 9.84 Å². The van der Waals surface area contributed by atoms with Crippen LogP contribution in [0.15, 0.2) is 18.2 Å². The third kappa shape index (κ3) is 1.68. The van der Waals surface area contributed by atoms with Gasteiger partial charge in [-0.25, -0.2) is 0 Å². The maximum absolute atomic E-state index is 8.78. The second-order valence-electron chi connectivity index (χ2n) is 3.57. The highest BCUT2D eigenvalue weighted by molar-refractivity contribution is 5.40. The van der Waals surface area contributed by atoms with E-state index in [2.05, 4.69) is 19.1 Å². The molecule has 1 aromatic carbocycles. The van der Waals surface area contributed by atoms with E-state index in [1.54, 1.807) is 0 Å². The minimum atomic E-state index is 0.182. The minimum Gasteiger partial charge on any atom is -0.490 e. The van der Waals surface area contributed by atoms with Crippen LogP contribution in [0.2, 0.25) is 0 Å². The van der Waals surface area contributed by atoms with Crippen molar-refractivity contribution < 1.29 is 9.84 Å². The van der Waals surface area contributed by atoms with Crippen molar-refractivity contribution in [2.24, 2.45) is 0 Å². The topological polar surface area (TPSA) is 29.5 Å². The molecule has 2 heteroatoms. The first-order valence-corrected chi connectivity index (χ1v) is 4.66. The normalized spacial score (nSPS) is 19.7. The van der Waals surface area contributed by atoms with E-state index in [9.17, 15) is 0 Å². The molecule has 1 aliphatic heterocycles. The Morgan fingerprint density at radius 3 is 3.15 bits per heavy atom. The van der Waals surface area contributed by atoms with Gasteiger partial charge in [0.25, 0.3) is 0 Å². The fourth-order valence-electron chi connectivity index (χ4n) is 1.75. The first-order chi connectivity index (χ1) is 6.29. The van der Waals surface area contributed by atoms with Crippen LogP contribution in [0.1, 0.15) is 17.5 Å². The minimum absolute atomic E-state index is 0.182. The van der Waals surface area contributed by atoms with E-state index in [1.165, 1.54) is 11.1 Å². The zero-order chi connectivity index (χ0) is 9.26. The molecule has 0 saturated carbocycles. The lowest BCUT2D eigenvalue weighted by molar-refractivity contribution is 0.175. The van der Waals surface area contributed by atoms with Gasteiger partial charge in [0.1, 0.15) is 11.9 Å². The van der Waals surface area contributed by atoms with Crippen LogP contribution < -0.4 is 4.74 Å². The second kappa shape index (κ2) is 3.38. The fourth-order valence-corrected chi connectivity index (χ4v) is 1.75. The van der Waals surface area contributed by atoms with Gasteiger partial charge >= 0.3 is 0 Å². The summed E-state index contributed by atoms with van der Waals surface area (Å²) in [6.45, 7) is 2.29. The summed E-state index contributed by atoms with van der Waals surface area (Å²) in [5.41, 5.74) is 2.55. The number of aryl methyl sites for hydroxylation is 1. The Morgan fingerprint density at radius 1 is 1.54 bits per heavy atom. The molecule has 1 heterocycles. The van der Waals surface area contributed by atoms with Crippen molar-refractivity contribution in [1.29, 1.82) is 0 Å². The Bertz CT molecular complexity index is 307. The molecule has 2 rings (SSSR count). The summed E-state index contributed by atoms with van der Waals surface area (Å²) in [5, 5.41) is 8.78. The van der Waals surface area contributed by atoms with Gasteiger partial charge in [-0.1, -0.05) is 17.7 Å². The van der Waals surface area contributed by atoms with Crippen LogP contribution in [-0.4, -0.2) is 17.8 Å². The van der Waals surface area contributed by atoms with Gasteiger partial charge in [0.15, 0.2) is 0 Å². The van der Waals surface area contributed by atoms with E-state index in [1.807, 2.05) is 6.07 Å². The Hall–Kier alpha value is -1.02. The average molecular weight is 178 g/mol. The largest absolute Gasteiger partial charge is 0.490 e. The highest BCUT2D eigenvalue weighted by Gasteiger charge is 2.21. The zero-order valence-corrected chi connectivity index (χ0v) is 7.79. The van der Waals surface area contributed by atoms with Crippen LogP contribution in [0.4, 0.5) is 0 Å². The molecule has 1 aliphatic rings. The summed E-state index contributed by atoms with van der Waals surface area (Å²) in [4.78, 5) is 0. The predicted octanol–water partition coefficient (Wildman–Crippen LogP) is 1.68. The van der Waals surface area contributed by atoms with Crippen LogP contribution in [0.3, 0.4) is 0 Å². The quantitative estimate of drug-likeness (QED) is 0.746. The Labute approximate surface area is 78.2 Å². The van der Waals surface area contributed by atoms with Crippen molar-refractivity contribution in [3.63, 3.8) is 0 Å². The van der Waals surface area contributed by atoms with Gasteiger partial charge in [0, 0.05) is 19.4 Å². The van der Waals surface area contributed by atoms with Gasteiger partial charge < -0.3 is 9.84 Å². The first-order valence-electron chi connectivity index (χ1n) is 4.66. The maximum atomic E-state index is 8.78. The molecule has 0 aliphatic carbocycles. The van der Waals surface area contributed by atoms with Gasteiger partial charge in [-0.05, 0) is 18.6 Å². The van der Waals surface area contributed by atoms with Gasteiger partial charge in [0.2, 0.25) is 0 Å². The number of rotatable bonds is 2. The van der Waals surface area contributed by atoms with E-state index in [-0.39, 0.29) is 12.7 Å². The Kier molecular flexibility index (Phi) is 2.23. The molecule has 0 bridgehead atoms. The molecule has 2 nitrogen and oxygen atoms in total. The standard InChI is InChI=1S/C11H14O2/c1-8-2-3-11-9(6-8)7-10(13-11)4-5-12/h2-3,6,10,12H,4-5,7H2,1H3. The molecular formula is C11H14O2. The van der Waals surface area contributed by atoms with Gasteiger partial charge in [-0.2, -0.15) is 0 Å². The molecule has 0 fully saturated rings. The molecule has 13 heavy (non-hydrogen) atoms.